The maximum atomic E-state index is 5.93. The van der Waals surface area contributed by atoms with Crippen molar-refractivity contribution in [3.63, 3.8) is 0 Å². The van der Waals surface area contributed by atoms with Crippen molar-refractivity contribution in [3.8, 4) is 12.3 Å². The Morgan fingerprint density at radius 3 is 2.38 bits per heavy atom. The maximum Gasteiger partial charge on any atom is 0.0793 e. The predicted octanol–water partition coefficient (Wildman–Crippen LogP) is 2.87. The van der Waals surface area contributed by atoms with Crippen molar-refractivity contribution in [2.24, 2.45) is 0 Å². The second-order valence-electron chi connectivity index (χ2n) is 4.08. The zero-order chi connectivity index (χ0) is 10.1. The minimum absolute atomic E-state index is 0.774. The topological polar surface area (TPSA) is 0 Å². The minimum Gasteiger partial charge on any atom is -0.115 e. The average Bonchev–Trinajstić information content (AvgIpc) is 2.03. The number of halogens is 1. The molecule has 0 atom stereocenters. The first kappa shape index (κ1) is 10.4. The van der Waals surface area contributed by atoms with Crippen molar-refractivity contribution >= 4 is 24.9 Å². The van der Waals surface area contributed by atoms with E-state index < -0.39 is 8.07 Å². The smallest absolute Gasteiger partial charge is 0.0793 e. The molecule has 0 unspecified atom stereocenters. The standard InChI is InChI=1S/C11H13ClSi/c1-5-9-6-7-10(12)8-11(9)13(2,3)4/h1,6-8H,2-4H3. The van der Waals surface area contributed by atoms with E-state index in [-0.39, 0.29) is 0 Å². The van der Waals surface area contributed by atoms with Gasteiger partial charge in [-0.15, -0.1) is 6.42 Å². The highest BCUT2D eigenvalue weighted by Crippen LogP contribution is 2.12. The molecule has 0 amide bonds. The number of hydrogen-bond donors (Lipinski definition) is 0. The highest BCUT2D eigenvalue weighted by molar-refractivity contribution is 6.89. The van der Waals surface area contributed by atoms with E-state index in [9.17, 15) is 0 Å². The van der Waals surface area contributed by atoms with Gasteiger partial charge in [-0.25, -0.2) is 0 Å². The van der Waals surface area contributed by atoms with Gasteiger partial charge in [0, 0.05) is 10.6 Å². The van der Waals surface area contributed by atoms with Gasteiger partial charge in [0.1, 0.15) is 0 Å². The minimum atomic E-state index is -1.36. The van der Waals surface area contributed by atoms with Crippen molar-refractivity contribution < 1.29 is 0 Å². The molecule has 1 aromatic rings. The van der Waals surface area contributed by atoms with Crippen LogP contribution in [0.15, 0.2) is 18.2 Å². The van der Waals surface area contributed by atoms with E-state index in [1.54, 1.807) is 0 Å². The molecule has 2 heteroatoms. The zero-order valence-electron chi connectivity index (χ0n) is 8.19. The molecule has 0 aliphatic carbocycles. The molecule has 0 aromatic heterocycles. The monoisotopic (exact) mass is 208 g/mol. The van der Waals surface area contributed by atoms with E-state index in [1.165, 1.54) is 5.19 Å². The Morgan fingerprint density at radius 2 is 1.92 bits per heavy atom. The van der Waals surface area contributed by atoms with Crippen LogP contribution in [-0.4, -0.2) is 8.07 Å². The fraction of sp³-hybridized carbons (Fsp3) is 0.273. The molecule has 0 radical (unpaired) electrons. The molecule has 0 aliphatic rings. The molecule has 13 heavy (non-hydrogen) atoms. The molecule has 1 aromatic carbocycles. The van der Waals surface area contributed by atoms with Gasteiger partial charge in [-0.3, -0.25) is 0 Å². The zero-order valence-corrected chi connectivity index (χ0v) is 9.94. The second kappa shape index (κ2) is 3.57. The van der Waals surface area contributed by atoms with Crippen LogP contribution in [0.5, 0.6) is 0 Å². The Labute approximate surface area is 85.9 Å². The summed E-state index contributed by atoms with van der Waals surface area (Å²) in [5.41, 5.74) is 0.989. The van der Waals surface area contributed by atoms with Gasteiger partial charge >= 0.3 is 0 Å². The van der Waals surface area contributed by atoms with Crippen LogP contribution in [0.2, 0.25) is 24.7 Å². The highest BCUT2D eigenvalue weighted by Gasteiger charge is 2.19. The lowest BCUT2D eigenvalue weighted by atomic mass is 10.2. The normalized spacial score (nSPS) is 11.0. The molecule has 0 saturated carbocycles. The fourth-order valence-corrected chi connectivity index (χ4v) is 3.08. The van der Waals surface area contributed by atoms with Gasteiger partial charge in [-0.2, -0.15) is 0 Å². The van der Waals surface area contributed by atoms with E-state index >= 15 is 0 Å². The predicted molar refractivity (Wildman–Crippen MR) is 62.4 cm³/mol. The van der Waals surface area contributed by atoms with Gasteiger partial charge in [-0.1, -0.05) is 37.2 Å². The molecule has 0 spiro atoms. The van der Waals surface area contributed by atoms with Crippen molar-refractivity contribution in [1.82, 2.24) is 0 Å². The molecule has 0 saturated heterocycles. The molecule has 0 heterocycles. The van der Waals surface area contributed by atoms with E-state index in [0.717, 1.165) is 10.6 Å². The Morgan fingerprint density at radius 1 is 1.31 bits per heavy atom. The summed E-state index contributed by atoms with van der Waals surface area (Å²) in [6.45, 7) is 6.79. The van der Waals surface area contributed by atoms with Gasteiger partial charge < -0.3 is 0 Å². The Balaban J connectivity index is 3.35. The van der Waals surface area contributed by atoms with Crippen molar-refractivity contribution in [3.05, 3.63) is 28.8 Å². The summed E-state index contributed by atoms with van der Waals surface area (Å²) in [5, 5.41) is 2.04. The third-order valence-electron chi connectivity index (χ3n) is 1.95. The van der Waals surface area contributed by atoms with Crippen LogP contribution < -0.4 is 5.19 Å². The molecule has 0 bridgehead atoms. The number of terminal acetylenes is 1. The molecule has 1 rings (SSSR count). The van der Waals surface area contributed by atoms with Gasteiger partial charge in [0.05, 0.1) is 8.07 Å². The molecule has 68 valence electrons. The summed E-state index contributed by atoms with van der Waals surface area (Å²) in [5.74, 6) is 2.71. The summed E-state index contributed by atoms with van der Waals surface area (Å²) in [7, 11) is -1.36. The molecular weight excluding hydrogens is 196 g/mol. The first-order valence-corrected chi connectivity index (χ1v) is 8.09. The Kier molecular flexibility index (Phi) is 2.85. The van der Waals surface area contributed by atoms with Crippen molar-refractivity contribution in [2.45, 2.75) is 19.6 Å². The lowest BCUT2D eigenvalue weighted by molar-refractivity contribution is 1.64. The molecule has 0 nitrogen and oxygen atoms in total. The van der Waals surface area contributed by atoms with E-state index in [0.29, 0.717) is 0 Å². The van der Waals surface area contributed by atoms with E-state index in [4.69, 9.17) is 18.0 Å². The largest absolute Gasteiger partial charge is 0.115 e. The van der Waals surface area contributed by atoms with E-state index in [2.05, 4.69) is 25.6 Å². The SMILES string of the molecule is C#Cc1ccc(Cl)cc1[Si](C)(C)C. The van der Waals surface area contributed by atoms with Crippen molar-refractivity contribution in [2.75, 3.05) is 0 Å². The summed E-state index contributed by atoms with van der Waals surface area (Å²) < 4.78 is 0. The first-order chi connectivity index (χ1) is 5.95. The van der Waals surface area contributed by atoms with Crippen LogP contribution >= 0.6 is 11.6 Å². The van der Waals surface area contributed by atoms with Crippen LogP contribution in [0.3, 0.4) is 0 Å². The molecule has 0 fully saturated rings. The summed E-state index contributed by atoms with van der Waals surface area (Å²) in [6.07, 6.45) is 5.43. The summed E-state index contributed by atoms with van der Waals surface area (Å²) in [6, 6.07) is 5.78. The van der Waals surface area contributed by atoms with Gasteiger partial charge in [-0.05, 0) is 23.4 Å². The first-order valence-electron chi connectivity index (χ1n) is 4.22. The summed E-state index contributed by atoms with van der Waals surface area (Å²) >= 11 is 5.93. The van der Waals surface area contributed by atoms with Gasteiger partial charge in [0.25, 0.3) is 0 Å². The van der Waals surface area contributed by atoms with Crippen LogP contribution in [0.4, 0.5) is 0 Å². The number of hydrogen-bond acceptors (Lipinski definition) is 0. The maximum absolute atomic E-state index is 5.93. The summed E-state index contributed by atoms with van der Waals surface area (Å²) in [4.78, 5) is 0. The molecule has 0 N–H and O–H groups in total. The Bertz CT molecular complexity index is 355. The number of rotatable bonds is 1. The lowest BCUT2D eigenvalue weighted by Crippen LogP contribution is -2.39. The second-order valence-corrected chi connectivity index (χ2v) is 9.56. The van der Waals surface area contributed by atoms with Crippen molar-refractivity contribution in [1.29, 1.82) is 0 Å². The van der Waals surface area contributed by atoms with Crippen LogP contribution in [0.1, 0.15) is 5.56 Å². The van der Waals surface area contributed by atoms with E-state index in [1.807, 2.05) is 18.2 Å². The van der Waals surface area contributed by atoms with Crippen LogP contribution in [0.25, 0.3) is 0 Å². The fourth-order valence-electron chi connectivity index (χ4n) is 1.26. The van der Waals surface area contributed by atoms with Crippen LogP contribution in [0, 0.1) is 12.3 Å². The van der Waals surface area contributed by atoms with Crippen LogP contribution in [-0.2, 0) is 0 Å². The number of benzene rings is 1. The van der Waals surface area contributed by atoms with Gasteiger partial charge in [0.15, 0.2) is 0 Å². The van der Waals surface area contributed by atoms with Gasteiger partial charge in [0.2, 0.25) is 0 Å². The quantitative estimate of drug-likeness (QED) is 0.492. The lowest BCUT2D eigenvalue weighted by Gasteiger charge is -2.18. The highest BCUT2D eigenvalue weighted by atomic mass is 35.5. The Hall–Kier alpha value is -0.713. The average molecular weight is 209 g/mol. The molecular formula is C11H13ClSi. The third kappa shape index (κ3) is 2.37. The molecule has 0 aliphatic heterocycles. The third-order valence-corrected chi connectivity index (χ3v) is 4.21.